The van der Waals surface area contributed by atoms with Crippen LogP contribution in [0.5, 0.6) is 0 Å². The van der Waals surface area contributed by atoms with Crippen molar-refractivity contribution in [1.82, 2.24) is 10.2 Å². The van der Waals surface area contributed by atoms with Gasteiger partial charge in [-0.2, -0.15) is 13.2 Å². The number of esters is 1. The van der Waals surface area contributed by atoms with E-state index in [1.54, 1.807) is 14.1 Å². The van der Waals surface area contributed by atoms with Gasteiger partial charge in [0.15, 0.2) is 0 Å². The first-order chi connectivity index (χ1) is 7.71. The summed E-state index contributed by atoms with van der Waals surface area (Å²) in [6, 6.07) is -0.601. The number of ether oxygens (including phenoxy) is 1. The highest BCUT2D eigenvalue weighted by molar-refractivity contribution is 5.82. The average molecular weight is 254 g/mol. The fraction of sp³-hybridized carbons (Fsp3) is 0.778. The first-order valence-corrected chi connectivity index (χ1v) is 4.94. The van der Waals surface area contributed by atoms with Gasteiger partial charge < -0.3 is 15.0 Å². The number of hydrogen-bond acceptors (Lipinski definition) is 4. The molecule has 1 aliphatic heterocycles. The van der Waals surface area contributed by atoms with Crippen molar-refractivity contribution in [2.45, 2.75) is 24.7 Å². The first kappa shape index (κ1) is 13.8. The highest BCUT2D eigenvalue weighted by Gasteiger charge is 2.43. The van der Waals surface area contributed by atoms with Crippen LogP contribution in [0.2, 0.25) is 0 Å². The van der Waals surface area contributed by atoms with Crippen molar-refractivity contribution in [3.63, 3.8) is 0 Å². The second kappa shape index (κ2) is 4.91. The number of likely N-dealkylation sites (N-methyl/N-ethyl adjacent to an activating group) is 1. The molecule has 1 aliphatic rings. The predicted octanol–water partition coefficient (Wildman–Crippen LogP) is -0.0894. The molecule has 1 saturated heterocycles. The van der Waals surface area contributed by atoms with Crippen LogP contribution in [0.15, 0.2) is 0 Å². The molecule has 1 amide bonds. The number of carbonyl (C=O) groups excluding carboxylic acids is 2. The minimum atomic E-state index is -5.00. The van der Waals surface area contributed by atoms with Gasteiger partial charge in [-0.1, -0.05) is 0 Å². The molecule has 1 heterocycles. The molecule has 0 aromatic heterocycles. The second-order valence-electron chi connectivity index (χ2n) is 3.95. The number of carbonyl (C=O) groups is 2. The fourth-order valence-corrected chi connectivity index (χ4v) is 1.51. The van der Waals surface area contributed by atoms with Crippen LogP contribution < -0.4 is 5.32 Å². The molecule has 0 spiro atoms. The largest absolute Gasteiger partial charge is 0.490 e. The van der Waals surface area contributed by atoms with E-state index >= 15 is 0 Å². The van der Waals surface area contributed by atoms with Gasteiger partial charge in [-0.25, -0.2) is 4.79 Å². The van der Waals surface area contributed by atoms with Crippen LogP contribution in [0.4, 0.5) is 13.2 Å². The van der Waals surface area contributed by atoms with E-state index in [1.807, 2.05) is 0 Å². The minimum absolute atomic E-state index is 0.0477. The minimum Gasteiger partial charge on any atom is -0.454 e. The number of amides is 1. The first-order valence-electron chi connectivity index (χ1n) is 4.94. The van der Waals surface area contributed by atoms with Gasteiger partial charge in [-0.15, -0.1) is 0 Å². The van der Waals surface area contributed by atoms with Crippen LogP contribution in [0.25, 0.3) is 0 Å². The third-order valence-corrected chi connectivity index (χ3v) is 2.33. The molecule has 98 valence electrons. The predicted molar refractivity (Wildman–Crippen MR) is 51.0 cm³/mol. The zero-order chi connectivity index (χ0) is 13.2. The molecule has 17 heavy (non-hydrogen) atoms. The molecule has 1 rings (SSSR count). The molecular formula is C9H13F3N2O3. The maximum absolute atomic E-state index is 11.9. The van der Waals surface area contributed by atoms with Crippen LogP contribution in [0.3, 0.4) is 0 Å². The van der Waals surface area contributed by atoms with Gasteiger partial charge in [-0.05, 0) is 0 Å². The molecule has 0 aromatic carbocycles. The Kier molecular flexibility index (Phi) is 3.97. The Labute approximate surface area is 95.9 Å². The van der Waals surface area contributed by atoms with E-state index in [-0.39, 0.29) is 18.9 Å². The molecular weight excluding hydrogens is 241 g/mol. The number of nitrogens with zero attached hydrogens (tertiary/aromatic N) is 1. The lowest BCUT2D eigenvalue weighted by molar-refractivity contribution is -0.204. The van der Waals surface area contributed by atoms with Crippen molar-refractivity contribution < 1.29 is 27.5 Å². The topological polar surface area (TPSA) is 58.6 Å². The van der Waals surface area contributed by atoms with Crippen LogP contribution in [-0.2, 0) is 14.3 Å². The number of alkyl halides is 3. The molecule has 0 radical (unpaired) electrons. The Morgan fingerprint density at radius 2 is 1.94 bits per heavy atom. The normalized spacial score (nSPS) is 24.5. The molecule has 0 saturated carbocycles. The molecule has 2 atom stereocenters. The van der Waals surface area contributed by atoms with Crippen molar-refractivity contribution in [2.24, 2.45) is 0 Å². The van der Waals surface area contributed by atoms with Crippen molar-refractivity contribution >= 4 is 11.9 Å². The summed E-state index contributed by atoms with van der Waals surface area (Å²) in [4.78, 5) is 23.4. The Bertz CT molecular complexity index is 317. The second-order valence-corrected chi connectivity index (χ2v) is 3.95. The SMILES string of the molecule is CN(C)C(=O)[C@@H]1C[C@@H](OC(=O)C(F)(F)F)CN1. The van der Waals surface area contributed by atoms with Crippen molar-refractivity contribution in [2.75, 3.05) is 20.6 Å². The maximum atomic E-state index is 11.9. The van der Waals surface area contributed by atoms with E-state index in [1.165, 1.54) is 4.90 Å². The Hall–Kier alpha value is -1.31. The van der Waals surface area contributed by atoms with Gasteiger partial charge >= 0.3 is 12.1 Å². The monoisotopic (exact) mass is 254 g/mol. The standard InChI is InChI=1S/C9H13F3N2O3/c1-14(2)7(15)6-3-5(4-13-6)17-8(16)9(10,11)12/h5-6,13H,3-4H2,1-2H3/t5-,6+/m1/s1. The van der Waals surface area contributed by atoms with Gasteiger partial charge in [0, 0.05) is 27.1 Å². The summed E-state index contributed by atoms with van der Waals surface area (Å²) in [5.74, 6) is -2.47. The molecule has 1 N–H and O–H groups in total. The number of hydrogen-bond donors (Lipinski definition) is 1. The Balaban J connectivity index is 2.47. The third-order valence-electron chi connectivity index (χ3n) is 2.33. The highest BCUT2D eigenvalue weighted by Crippen LogP contribution is 2.20. The van der Waals surface area contributed by atoms with E-state index in [2.05, 4.69) is 10.1 Å². The summed E-state index contributed by atoms with van der Waals surface area (Å²) < 4.78 is 40.0. The average Bonchev–Trinajstić information content (AvgIpc) is 2.63. The summed E-state index contributed by atoms with van der Waals surface area (Å²) in [5.41, 5.74) is 0. The van der Waals surface area contributed by atoms with Crippen molar-refractivity contribution in [1.29, 1.82) is 0 Å². The van der Waals surface area contributed by atoms with Gasteiger partial charge in [0.1, 0.15) is 6.10 Å². The third kappa shape index (κ3) is 3.58. The number of halogens is 3. The Morgan fingerprint density at radius 3 is 2.41 bits per heavy atom. The van der Waals surface area contributed by atoms with E-state index in [4.69, 9.17) is 0 Å². The maximum Gasteiger partial charge on any atom is 0.490 e. The molecule has 0 aliphatic carbocycles. The quantitative estimate of drug-likeness (QED) is 0.700. The highest BCUT2D eigenvalue weighted by atomic mass is 19.4. The number of rotatable bonds is 2. The molecule has 8 heteroatoms. The molecule has 0 aromatic rings. The zero-order valence-electron chi connectivity index (χ0n) is 9.37. The molecule has 0 bridgehead atoms. The summed E-state index contributed by atoms with van der Waals surface area (Å²) in [5, 5.41) is 2.71. The van der Waals surface area contributed by atoms with Crippen molar-refractivity contribution in [3.05, 3.63) is 0 Å². The summed E-state index contributed by atoms with van der Waals surface area (Å²) >= 11 is 0. The lowest BCUT2D eigenvalue weighted by Gasteiger charge is -2.16. The summed E-state index contributed by atoms with van der Waals surface area (Å²) in [7, 11) is 3.08. The van der Waals surface area contributed by atoms with Crippen molar-refractivity contribution in [3.8, 4) is 0 Å². The van der Waals surface area contributed by atoms with Gasteiger partial charge in [-0.3, -0.25) is 4.79 Å². The molecule has 0 unspecified atom stereocenters. The van der Waals surface area contributed by atoms with E-state index in [0.29, 0.717) is 0 Å². The smallest absolute Gasteiger partial charge is 0.454 e. The van der Waals surface area contributed by atoms with Crippen LogP contribution >= 0.6 is 0 Å². The van der Waals surface area contributed by atoms with Gasteiger partial charge in [0.05, 0.1) is 6.04 Å². The fourth-order valence-electron chi connectivity index (χ4n) is 1.51. The van der Waals surface area contributed by atoms with Gasteiger partial charge in [0.2, 0.25) is 5.91 Å². The van der Waals surface area contributed by atoms with E-state index in [9.17, 15) is 22.8 Å². The van der Waals surface area contributed by atoms with E-state index < -0.39 is 24.3 Å². The summed E-state index contributed by atoms with van der Waals surface area (Å²) in [6.07, 6.45) is -5.86. The van der Waals surface area contributed by atoms with Crippen LogP contribution in [-0.4, -0.2) is 55.7 Å². The van der Waals surface area contributed by atoms with Crippen LogP contribution in [0, 0.1) is 0 Å². The number of nitrogens with one attached hydrogen (secondary N) is 1. The van der Waals surface area contributed by atoms with Gasteiger partial charge in [0.25, 0.3) is 0 Å². The Morgan fingerprint density at radius 1 is 1.35 bits per heavy atom. The molecule has 1 fully saturated rings. The van der Waals surface area contributed by atoms with Crippen LogP contribution in [0.1, 0.15) is 6.42 Å². The lowest BCUT2D eigenvalue weighted by Crippen LogP contribution is -2.39. The lowest BCUT2D eigenvalue weighted by atomic mass is 10.2. The van der Waals surface area contributed by atoms with E-state index in [0.717, 1.165) is 0 Å². The molecule has 5 nitrogen and oxygen atoms in total. The zero-order valence-corrected chi connectivity index (χ0v) is 9.37. The summed E-state index contributed by atoms with van der Waals surface area (Å²) in [6.45, 7) is 0.0477.